The molecule has 0 saturated carbocycles. The van der Waals surface area contributed by atoms with Crippen LogP contribution < -0.4 is 4.72 Å². The number of pyridine rings is 1. The van der Waals surface area contributed by atoms with Gasteiger partial charge in [0.05, 0.1) is 22.9 Å². The van der Waals surface area contributed by atoms with Gasteiger partial charge in [0.25, 0.3) is 10.0 Å². The summed E-state index contributed by atoms with van der Waals surface area (Å²) in [6.07, 6.45) is 2.27. The van der Waals surface area contributed by atoms with Gasteiger partial charge >= 0.3 is 0 Å². The summed E-state index contributed by atoms with van der Waals surface area (Å²) in [5, 5.41) is 1.85. The van der Waals surface area contributed by atoms with E-state index in [1.54, 1.807) is 29.3 Å². The summed E-state index contributed by atoms with van der Waals surface area (Å²) < 4.78 is 33.8. The molecule has 1 N–H and O–H groups in total. The first-order valence-electron chi connectivity index (χ1n) is 8.99. The number of anilines is 1. The highest BCUT2D eigenvalue weighted by atomic mass is 32.2. The number of amides is 1. The molecule has 3 aromatic heterocycles. The van der Waals surface area contributed by atoms with Crippen LogP contribution in [0.3, 0.4) is 0 Å². The Balaban J connectivity index is 1.46. The van der Waals surface area contributed by atoms with Crippen molar-refractivity contribution in [1.29, 1.82) is 0 Å². The molecule has 1 aliphatic heterocycles. The number of hydrogen-bond acceptors (Lipinski definition) is 7. The van der Waals surface area contributed by atoms with Gasteiger partial charge in [-0.1, -0.05) is 6.07 Å². The van der Waals surface area contributed by atoms with Gasteiger partial charge in [0.1, 0.15) is 10.8 Å². The zero-order valence-electron chi connectivity index (χ0n) is 15.4. The molecule has 4 heterocycles. The number of nitrogens with one attached hydrogen (secondary N) is 1. The highest BCUT2D eigenvalue weighted by Crippen LogP contribution is 2.32. The number of nitrogens with zero attached hydrogens (tertiary/aromatic N) is 2. The van der Waals surface area contributed by atoms with Gasteiger partial charge < -0.3 is 9.64 Å². The second-order valence-corrected chi connectivity index (χ2v) is 10.4. The normalized spacial score (nSPS) is 14.9. The molecular weight excluding hydrogens is 430 g/mol. The maximum Gasteiger partial charge on any atom is 0.271 e. The number of morpholine rings is 1. The molecular formula is C19H19N3O4S3. The van der Waals surface area contributed by atoms with Gasteiger partial charge in [0, 0.05) is 30.6 Å². The Morgan fingerprint density at radius 3 is 2.90 bits per heavy atom. The van der Waals surface area contributed by atoms with Crippen molar-refractivity contribution in [3.63, 3.8) is 0 Å². The van der Waals surface area contributed by atoms with E-state index in [4.69, 9.17) is 4.74 Å². The fourth-order valence-electron chi connectivity index (χ4n) is 2.95. The number of rotatable bonds is 7. The Kier molecular flexibility index (Phi) is 5.95. The third-order valence-corrected chi connectivity index (χ3v) is 8.39. The van der Waals surface area contributed by atoms with Crippen molar-refractivity contribution in [2.24, 2.45) is 0 Å². The molecule has 7 nitrogen and oxygen atoms in total. The predicted molar refractivity (Wildman–Crippen MR) is 114 cm³/mol. The van der Waals surface area contributed by atoms with Crippen LogP contribution in [0.2, 0.25) is 0 Å². The summed E-state index contributed by atoms with van der Waals surface area (Å²) in [7, 11) is -3.70. The number of ether oxygens (including phenoxy) is 1. The maximum atomic E-state index is 12.9. The molecule has 0 atom stereocenters. The van der Waals surface area contributed by atoms with Crippen molar-refractivity contribution in [1.82, 2.24) is 9.88 Å². The van der Waals surface area contributed by atoms with E-state index in [0.29, 0.717) is 31.8 Å². The minimum atomic E-state index is -3.70. The Morgan fingerprint density at radius 1 is 1.21 bits per heavy atom. The summed E-state index contributed by atoms with van der Waals surface area (Å²) in [4.78, 5) is 19.6. The van der Waals surface area contributed by atoms with E-state index in [1.165, 1.54) is 22.7 Å². The molecule has 1 fully saturated rings. The lowest BCUT2D eigenvalue weighted by atomic mass is 10.3. The van der Waals surface area contributed by atoms with Crippen LogP contribution in [-0.4, -0.2) is 50.5 Å². The first-order valence-corrected chi connectivity index (χ1v) is 12.2. The molecule has 152 valence electrons. The Bertz CT molecular complexity index is 1090. The summed E-state index contributed by atoms with van der Waals surface area (Å²) in [5.41, 5.74) is 1.30. The van der Waals surface area contributed by atoms with Gasteiger partial charge in [-0.05, 0) is 35.7 Å². The van der Waals surface area contributed by atoms with Gasteiger partial charge in [0.2, 0.25) is 5.91 Å². The van der Waals surface area contributed by atoms with E-state index >= 15 is 0 Å². The van der Waals surface area contributed by atoms with Crippen molar-refractivity contribution in [2.75, 3.05) is 31.0 Å². The lowest BCUT2D eigenvalue weighted by molar-refractivity contribution is -0.142. The molecule has 29 heavy (non-hydrogen) atoms. The lowest BCUT2D eigenvalue weighted by Gasteiger charge is -2.26. The van der Waals surface area contributed by atoms with Crippen molar-refractivity contribution in [3.05, 3.63) is 52.9 Å². The third kappa shape index (κ3) is 4.67. The van der Waals surface area contributed by atoms with Gasteiger partial charge in [-0.25, -0.2) is 8.42 Å². The minimum Gasteiger partial charge on any atom is -0.370 e. The van der Waals surface area contributed by atoms with E-state index in [9.17, 15) is 13.2 Å². The summed E-state index contributed by atoms with van der Waals surface area (Å²) in [5.74, 6) is -0.0319. The van der Waals surface area contributed by atoms with Gasteiger partial charge in [0.15, 0.2) is 0 Å². The van der Waals surface area contributed by atoms with Gasteiger partial charge in [-0.2, -0.15) is 0 Å². The number of carbonyl (C=O) groups excluding carboxylic acids is 1. The van der Waals surface area contributed by atoms with E-state index in [0.717, 1.165) is 15.4 Å². The van der Waals surface area contributed by atoms with E-state index in [1.807, 2.05) is 23.6 Å². The smallest absolute Gasteiger partial charge is 0.271 e. The monoisotopic (exact) mass is 449 g/mol. The second-order valence-electron chi connectivity index (χ2n) is 6.38. The van der Waals surface area contributed by atoms with Crippen LogP contribution >= 0.6 is 22.7 Å². The van der Waals surface area contributed by atoms with E-state index in [-0.39, 0.29) is 16.7 Å². The van der Waals surface area contributed by atoms with Crippen LogP contribution in [0.1, 0.15) is 4.88 Å². The SMILES string of the molecule is O=C1COCCN1CCc1sccc1NS(=O)(=O)c1ccc(-c2ccccn2)s1. The number of carbonyl (C=O) groups is 1. The Morgan fingerprint density at radius 2 is 2.10 bits per heavy atom. The second kappa shape index (κ2) is 8.62. The molecule has 10 heteroatoms. The molecule has 0 unspecified atom stereocenters. The molecule has 1 amide bonds. The number of aromatic nitrogens is 1. The predicted octanol–water partition coefficient (Wildman–Crippen LogP) is 3.07. The first kappa shape index (κ1) is 20.0. The van der Waals surface area contributed by atoms with Crippen LogP contribution in [0, 0.1) is 0 Å². The van der Waals surface area contributed by atoms with E-state index < -0.39 is 10.0 Å². The number of thiophene rings is 2. The molecule has 0 spiro atoms. The minimum absolute atomic E-state index is 0.0319. The third-order valence-electron chi connectivity index (χ3n) is 4.45. The molecule has 3 aromatic rings. The van der Waals surface area contributed by atoms with Gasteiger partial charge in [-0.3, -0.25) is 14.5 Å². The standard InChI is InChI=1S/C19H19N3O4S3/c23-18-13-26-11-10-22(18)9-6-16-15(7-12-27-16)21-29(24,25)19-5-4-17(28-19)14-3-1-2-8-20-14/h1-5,7-8,12,21H,6,9-11,13H2. The zero-order chi connectivity index (χ0) is 20.3. The molecule has 1 aliphatic rings. The zero-order valence-corrected chi connectivity index (χ0v) is 17.9. The highest BCUT2D eigenvalue weighted by molar-refractivity contribution is 7.94. The number of sulfonamides is 1. The van der Waals surface area contributed by atoms with Crippen molar-refractivity contribution in [2.45, 2.75) is 10.6 Å². The van der Waals surface area contributed by atoms with E-state index in [2.05, 4.69) is 9.71 Å². The fourth-order valence-corrected chi connectivity index (χ4v) is 6.22. The maximum absolute atomic E-state index is 12.9. The molecule has 0 aromatic carbocycles. The Labute approximate surface area is 177 Å². The summed E-state index contributed by atoms with van der Waals surface area (Å²) in [6.45, 7) is 1.75. The van der Waals surface area contributed by atoms with Crippen LogP contribution in [0.25, 0.3) is 10.6 Å². The van der Waals surface area contributed by atoms with Gasteiger partial charge in [-0.15, -0.1) is 22.7 Å². The Hall–Kier alpha value is -2.27. The molecule has 0 aliphatic carbocycles. The largest absolute Gasteiger partial charge is 0.370 e. The van der Waals surface area contributed by atoms with Crippen LogP contribution in [0.4, 0.5) is 5.69 Å². The molecule has 0 radical (unpaired) electrons. The lowest BCUT2D eigenvalue weighted by Crippen LogP contribution is -2.42. The van der Waals surface area contributed by atoms with Crippen molar-refractivity contribution in [3.8, 4) is 10.6 Å². The average Bonchev–Trinajstić information content (AvgIpc) is 3.38. The number of hydrogen-bond donors (Lipinski definition) is 1. The fraction of sp³-hybridized carbons (Fsp3) is 0.263. The summed E-state index contributed by atoms with van der Waals surface area (Å²) >= 11 is 2.66. The quantitative estimate of drug-likeness (QED) is 0.599. The van der Waals surface area contributed by atoms with Crippen molar-refractivity contribution >= 4 is 44.3 Å². The average molecular weight is 450 g/mol. The van der Waals surface area contributed by atoms with Crippen LogP contribution in [0.5, 0.6) is 0 Å². The summed E-state index contributed by atoms with van der Waals surface area (Å²) in [6, 6.07) is 10.6. The molecule has 4 rings (SSSR count). The van der Waals surface area contributed by atoms with Crippen molar-refractivity contribution < 1.29 is 17.9 Å². The molecule has 1 saturated heterocycles. The first-order chi connectivity index (χ1) is 14.0. The molecule has 0 bridgehead atoms. The topological polar surface area (TPSA) is 88.6 Å². The van der Waals surface area contributed by atoms with Crippen LogP contribution in [-0.2, 0) is 26.0 Å². The highest BCUT2D eigenvalue weighted by Gasteiger charge is 2.22. The van der Waals surface area contributed by atoms with Crippen LogP contribution in [0.15, 0.2) is 52.2 Å².